The van der Waals surface area contributed by atoms with E-state index >= 15 is 0 Å². The average molecular weight is 362 g/mol. The van der Waals surface area contributed by atoms with Crippen LogP contribution in [0.2, 0.25) is 0 Å². The smallest absolute Gasteiger partial charge is 0.319 e. The minimum Gasteiger partial charge on any atom is -0.319 e. The second-order valence-electron chi connectivity index (χ2n) is 7.57. The van der Waals surface area contributed by atoms with Gasteiger partial charge in [-0.3, -0.25) is 14.5 Å². The first-order chi connectivity index (χ1) is 12.9. The zero-order valence-electron chi connectivity index (χ0n) is 15.5. The standard InChI is InChI=1S/C22H22N2O3/c1-14-6-10-18(11-7-14)22(2)20(26)24(21(27)23-22)13-19(25)17-9-8-15-4-3-5-16(15)12-17/h6-12H,3-5,13H2,1-2H3,(H,23,27). The number of ketones is 1. The van der Waals surface area contributed by atoms with Crippen molar-refractivity contribution in [2.75, 3.05) is 6.54 Å². The zero-order valence-corrected chi connectivity index (χ0v) is 15.5. The summed E-state index contributed by atoms with van der Waals surface area (Å²) >= 11 is 0. The summed E-state index contributed by atoms with van der Waals surface area (Å²) in [6, 6.07) is 12.6. The summed E-state index contributed by atoms with van der Waals surface area (Å²) in [5.74, 6) is -0.618. The number of Topliss-reactive ketones (excluding diaryl/α,β-unsaturated/α-hetero) is 1. The Balaban J connectivity index is 1.55. The molecule has 0 radical (unpaired) electrons. The molecule has 0 spiro atoms. The van der Waals surface area contributed by atoms with Gasteiger partial charge >= 0.3 is 6.03 Å². The number of nitrogens with one attached hydrogen (secondary N) is 1. The van der Waals surface area contributed by atoms with Gasteiger partial charge in [-0.1, -0.05) is 42.0 Å². The van der Waals surface area contributed by atoms with Crippen molar-refractivity contribution in [3.05, 3.63) is 70.3 Å². The molecule has 4 rings (SSSR count). The number of amides is 3. The van der Waals surface area contributed by atoms with Crippen molar-refractivity contribution in [3.63, 3.8) is 0 Å². The molecular formula is C22H22N2O3. The molecule has 1 aliphatic carbocycles. The molecule has 1 heterocycles. The van der Waals surface area contributed by atoms with Crippen LogP contribution in [0.25, 0.3) is 0 Å². The molecular weight excluding hydrogens is 340 g/mol. The van der Waals surface area contributed by atoms with E-state index in [-0.39, 0.29) is 12.3 Å². The van der Waals surface area contributed by atoms with Crippen molar-refractivity contribution in [1.29, 1.82) is 0 Å². The fourth-order valence-electron chi connectivity index (χ4n) is 3.90. The van der Waals surface area contributed by atoms with E-state index in [1.807, 2.05) is 43.3 Å². The first kappa shape index (κ1) is 17.5. The normalized spacial score (nSPS) is 21.3. The van der Waals surface area contributed by atoms with Crippen LogP contribution >= 0.6 is 0 Å². The van der Waals surface area contributed by atoms with E-state index in [4.69, 9.17) is 0 Å². The quantitative estimate of drug-likeness (QED) is 0.671. The molecule has 1 fully saturated rings. The third-order valence-electron chi connectivity index (χ3n) is 5.63. The van der Waals surface area contributed by atoms with Gasteiger partial charge in [0.15, 0.2) is 5.78 Å². The first-order valence-electron chi connectivity index (χ1n) is 9.25. The second kappa shape index (κ2) is 6.34. The van der Waals surface area contributed by atoms with Crippen LogP contribution in [0.15, 0.2) is 42.5 Å². The Hall–Kier alpha value is -2.95. The lowest BCUT2D eigenvalue weighted by Crippen LogP contribution is -2.41. The average Bonchev–Trinajstić information content (AvgIpc) is 3.20. The minimum atomic E-state index is -1.15. The highest BCUT2D eigenvalue weighted by molar-refractivity contribution is 6.11. The number of nitrogens with zero attached hydrogens (tertiary/aromatic N) is 1. The Morgan fingerprint density at radius 3 is 2.52 bits per heavy atom. The molecule has 0 aromatic heterocycles. The van der Waals surface area contributed by atoms with E-state index in [9.17, 15) is 14.4 Å². The van der Waals surface area contributed by atoms with Crippen molar-refractivity contribution in [2.24, 2.45) is 0 Å². The number of fused-ring (bicyclic) bond motifs is 1. The van der Waals surface area contributed by atoms with Gasteiger partial charge in [-0.05, 0) is 55.9 Å². The zero-order chi connectivity index (χ0) is 19.2. The van der Waals surface area contributed by atoms with Crippen LogP contribution in [-0.2, 0) is 23.2 Å². The molecule has 1 atom stereocenters. The van der Waals surface area contributed by atoms with Crippen LogP contribution in [0.5, 0.6) is 0 Å². The van der Waals surface area contributed by atoms with Gasteiger partial charge in [0.1, 0.15) is 5.54 Å². The highest BCUT2D eigenvalue weighted by atomic mass is 16.2. The lowest BCUT2D eigenvalue weighted by molar-refractivity contribution is -0.130. The summed E-state index contributed by atoms with van der Waals surface area (Å²) < 4.78 is 0. The lowest BCUT2D eigenvalue weighted by Gasteiger charge is -2.22. The third-order valence-corrected chi connectivity index (χ3v) is 5.63. The van der Waals surface area contributed by atoms with Gasteiger partial charge in [-0.2, -0.15) is 0 Å². The van der Waals surface area contributed by atoms with Crippen molar-refractivity contribution in [1.82, 2.24) is 10.2 Å². The number of hydrogen-bond donors (Lipinski definition) is 1. The predicted octanol–water partition coefficient (Wildman–Crippen LogP) is 3.13. The first-order valence-corrected chi connectivity index (χ1v) is 9.25. The third kappa shape index (κ3) is 2.93. The fourth-order valence-corrected chi connectivity index (χ4v) is 3.90. The van der Waals surface area contributed by atoms with Gasteiger partial charge in [0, 0.05) is 5.56 Å². The molecule has 27 heavy (non-hydrogen) atoms. The SMILES string of the molecule is Cc1ccc(C2(C)NC(=O)N(CC(=O)c3ccc4c(c3)CCC4)C2=O)cc1. The molecule has 0 bridgehead atoms. The number of hydrogen-bond acceptors (Lipinski definition) is 3. The number of aryl methyl sites for hydroxylation is 3. The maximum absolute atomic E-state index is 13.0. The Morgan fingerprint density at radius 1 is 1.07 bits per heavy atom. The summed E-state index contributed by atoms with van der Waals surface area (Å²) in [6.07, 6.45) is 3.13. The van der Waals surface area contributed by atoms with Gasteiger partial charge in [0.25, 0.3) is 5.91 Å². The second-order valence-corrected chi connectivity index (χ2v) is 7.57. The van der Waals surface area contributed by atoms with Crippen LogP contribution in [-0.4, -0.2) is 29.2 Å². The van der Waals surface area contributed by atoms with E-state index in [2.05, 4.69) is 5.32 Å². The Bertz CT molecular complexity index is 949. The van der Waals surface area contributed by atoms with Crippen molar-refractivity contribution >= 4 is 17.7 Å². The number of rotatable bonds is 4. The van der Waals surface area contributed by atoms with Crippen LogP contribution < -0.4 is 5.32 Å². The van der Waals surface area contributed by atoms with E-state index in [1.165, 1.54) is 11.1 Å². The van der Waals surface area contributed by atoms with Crippen molar-refractivity contribution in [3.8, 4) is 0 Å². The molecule has 1 saturated heterocycles. The van der Waals surface area contributed by atoms with Crippen LogP contribution in [0.4, 0.5) is 4.79 Å². The van der Waals surface area contributed by atoms with E-state index in [0.717, 1.165) is 29.7 Å². The number of urea groups is 1. The van der Waals surface area contributed by atoms with Crippen LogP contribution in [0, 0.1) is 6.92 Å². The maximum atomic E-state index is 13.0. The highest BCUT2D eigenvalue weighted by Gasteiger charge is 2.49. The molecule has 138 valence electrons. The summed E-state index contributed by atoms with van der Waals surface area (Å²) in [7, 11) is 0. The van der Waals surface area contributed by atoms with Gasteiger partial charge < -0.3 is 5.32 Å². The van der Waals surface area contributed by atoms with Gasteiger partial charge in [0.05, 0.1) is 6.54 Å². The lowest BCUT2D eigenvalue weighted by atomic mass is 9.91. The summed E-state index contributed by atoms with van der Waals surface area (Å²) in [5, 5.41) is 2.75. The van der Waals surface area contributed by atoms with Gasteiger partial charge in [-0.15, -0.1) is 0 Å². The monoisotopic (exact) mass is 362 g/mol. The summed E-state index contributed by atoms with van der Waals surface area (Å²) in [5.41, 5.74) is 3.67. The fraction of sp³-hybridized carbons (Fsp3) is 0.318. The number of carbonyl (C=O) groups is 3. The molecule has 1 aliphatic heterocycles. The Labute approximate surface area is 158 Å². The van der Waals surface area contributed by atoms with Crippen molar-refractivity contribution in [2.45, 2.75) is 38.6 Å². The molecule has 5 nitrogen and oxygen atoms in total. The molecule has 1 unspecified atom stereocenters. The topological polar surface area (TPSA) is 66.5 Å². The Morgan fingerprint density at radius 2 is 1.78 bits per heavy atom. The van der Waals surface area contributed by atoms with E-state index in [0.29, 0.717) is 11.1 Å². The number of imide groups is 1. The van der Waals surface area contributed by atoms with E-state index < -0.39 is 17.5 Å². The summed E-state index contributed by atoms with van der Waals surface area (Å²) in [4.78, 5) is 39.1. The highest BCUT2D eigenvalue weighted by Crippen LogP contribution is 2.29. The molecule has 2 aromatic rings. The molecule has 2 aliphatic rings. The van der Waals surface area contributed by atoms with E-state index in [1.54, 1.807) is 13.0 Å². The van der Waals surface area contributed by atoms with Gasteiger partial charge in [-0.25, -0.2) is 4.79 Å². The predicted molar refractivity (Wildman–Crippen MR) is 102 cm³/mol. The molecule has 3 amide bonds. The number of carbonyl (C=O) groups excluding carboxylic acids is 3. The van der Waals surface area contributed by atoms with Gasteiger partial charge in [0.2, 0.25) is 0 Å². The maximum Gasteiger partial charge on any atom is 0.325 e. The number of benzene rings is 2. The molecule has 1 N–H and O–H groups in total. The molecule has 0 saturated carbocycles. The molecule has 5 heteroatoms. The van der Waals surface area contributed by atoms with Crippen molar-refractivity contribution < 1.29 is 14.4 Å². The Kier molecular flexibility index (Phi) is 4.10. The van der Waals surface area contributed by atoms with Crippen LogP contribution in [0.1, 0.15) is 46.0 Å². The largest absolute Gasteiger partial charge is 0.325 e. The summed E-state index contributed by atoms with van der Waals surface area (Å²) in [6.45, 7) is 3.39. The van der Waals surface area contributed by atoms with Crippen LogP contribution in [0.3, 0.4) is 0 Å². The minimum absolute atomic E-state index is 0.221. The molecule has 2 aromatic carbocycles.